The molecule has 0 bridgehead atoms. The first-order valence-corrected chi connectivity index (χ1v) is 12.1. The number of ether oxygens (including phenoxy) is 3. The van der Waals surface area contributed by atoms with Crippen LogP contribution in [0.15, 0.2) is 35.9 Å². The molecule has 0 saturated carbocycles. The molecule has 0 radical (unpaired) electrons. The van der Waals surface area contributed by atoms with Gasteiger partial charge in [0.05, 0.1) is 42.5 Å². The first-order chi connectivity index (χ1) is 17.0. The average Bonchev–Trinajstić information content (AvgIpc) is 3.07. The molecule has 3 rings (SSSR count). The van der Waals surface area contributed by atoms with Crippen LogP contribution < -0.4 is 14.2 Å². The molecule has 10 heteroatoms. The molecule has 2 aromatic rings. The fourth-order valence-electron chi connectivity index (χ4n) is 4.06. The summed E-state index contributed by atoms with van der Waals surface area (Å²) < 4.78 is 16.4. The summed E-state index contributed by atoms with van der Waals surface area (Å²) in [5, 5.41) is 11.6. The van der Waals surface area contributed by atoms with Crippen molar-refractivity contribution in [1.29, 1.82) is 0 Å². The molecule has 1 heterocycles. The van der Waals surface area contributed by atoms with E-state index in [-0.39, 0.29) is 45.3 Å². The minimum atomic E-state index is -0.845. The normalized spacial score (nSPS) is 17.3. The summed E-state index contributed by atoms with van der Waals surface area (Å²) in [5.41, 5.74) is 0.617. The predicted molar refractivity (Wildman–Crippen MR) is 139 cm³/mol. The molecule has 1 saturated heterocycles. The highest BCUT2D eigenvalue weighted by Crippen LogP contribution is 2.47. The summed E-state index contributed by atoms with van der Waals surface area (Å²) in [7, 11) is 6.51. The number of rotatable bonds is 9. The minimum absolute atomic E-state index is 0.0152. The number of methoxy groups -OCH3 is 2. The van der Waals surface area contributed by atoms with E-state index in [0.717, 1.165) is 0 Å². The summed E-state index contributed by atoms with van der Waals surface area (Å²) in [6.07, 6.45) is -0.0152. The van der Waals surface area contributed by atoms with Crippen molar-refractivity contribution >= 4 is 40.7 Å². The van der Waals surface area contributed by atoms with Gasteiger partial charge in [-0.15, -0.1) is 0 Å². The maximum atomic E-state index is 13.3. The lowest BCUT2D eigenvalue weighted by atomic mass is 9.94. The van der Waals surface area contributed by atoms with Gasteiger partial charge in [0, 0.05) is 13.1 Å². The molecule has 2 aromatic carbocycles. The van der Waals surface area contributed by atoms with E-state index in [0.29, 0.717) is 17.9 Å². The number of halogens is 2. The number of amides is 1. The molecular formula is C26H30Cl2N2O6. The fraction of sp³-hybridized carbons (Fsp3) is 0.385. The van der Waals surface area contributed by atoms with Crippen molar-refractivity contribution < 1.29 is 28.9 Å². The number of likely N-dealkylation sites (tertiary alicyclic amines) is 1. The molecule has 1 atom stereocenters. The highest BCUT2D eigenvalue weighted by molar-refractivity contribution is 6.47. The van der Waals surface area contributed by atoms with Gasteiger partial charge in [-0.1, -0.05) is 35.3 Å². The predicted octanol–water partition coefficient (Wildman–Crippen LogP) is 4.78. The van der Waals surface area contributed by atoms with Gasteiger partial charge < -0.3 is 29.1 Å². The van der Waals surface area contributed by atoms with Crippen molar-refractivity contribution in [2.45, 2.75) is 26.0 Å². The van der Waals surface area contributed by atoms with E-state index in [1.165, 1.54) is 25.2 Å². The number of aliphatic hydroxyl groups excluding tert-OH is 1. The van der Waals surface area contributed by atoms with E-state index in [1.807, 2.05) is 32.8 Å². The molecule has 1 aliphatic rings. The Labute approximate surface area is 220 Å². The second kappa shape index (κ2) is 11.4. The topological polar surface area (TPSA) is 88.5 Å². The maximum absolute atomic E-state index is 13.3. The molecule has 1 N–H and O–H groups in total. The van der Waals surface area contributed by atoms with Crippen LogP contribution in [0.2, 0.25) is 10.0 Å². The van der Waals surface area contributed by atoms with Gasteiger partial charge in [-0.05, 0) is 51.7 Å². The average molecular weight is 537 g/mol. The molecule has 8 nitrogen and oxygen atoms in total. The molecule has 0 aromatic heterocycles. The highest BCUT2D eigenvalue weighted by Gasteiger charge is 2.46. The standard InChI is InChI=1S/C26H30Cl2N2O6/c1-14(2)36-16-9-7-15(8-10-16)21-19(23(32)26(33)30(21)12-11-29(3)4)22(31)17-13-18(27)25(35-6)20(28)24(17)34-5/h7-10,13-14,21,31H,11-12H2,1-6H3/b22-19+. The maximum Gasteiger partial charge on any atom is 0.295 e. The fourth-order valence-corrected chi connectivity index (χ4v) is 4.74. The van der Waals surface area contributed by atoms with Crippen molar-refractivity contribution in [2.24, 2.45) is 0 Å². The first-order valence-electron chi connectivity index (χ1n) is 11.3. The van der Waals surface area contributed by atoms with E-state index in [2.05, 4.69) is 0 Å². The van der Waals surface area contributed by atoms with E-state index in [9.17, 15) is 14.7 Å². The van der Waals surface area contributed by atoms with Gasteiger partial charge in [-0.3, -0.25) is 9.59 Å². The summed E-state index contributed by atoms with van der Waals surface area (Å²) in [6.45, 7) is 4.62. The molecule has 0 aliphatic carbocycles. The van der Waals surface area contributed by atoms with Crippen LogP contribution in [0.5, 0.6) is 17.2 Å². The number of carbonyl (C=O) groups excluding carboxylic acids is 2. The van der Waals surface area contributed by atoms with E-state index < -0.39 is 23.5 Å². The molecule has 1 fully saturated rings. The first kappa shape index (κ1) is 27.6. The third-order valence-electron chi connectivity index (χ3n) is 5.69. The Morgan fingerprint density at radius 1 is 1.08 bits per heavy atom. The van der Waals surface area contributed by atoms with Crippen molar-refractivity contribution in [3.8, 4) is 17.2 Å². The minimum Gasteiger partial charge on any atom is -0.507 e. The largest absolute Gasteiger partial charge is 0.507 e. The van der Waals surface area contributed by atoms with E-state index in [1.54, 1.807) is 24.3 Å². The number of aliphatic hydroxyl groups is 1. The quantitative estimate of drug-likeness (QED) is 0.280. The SMILES string of the molecule is COc1c(Cl)cc(/C(O)=C2\C(=O)C(=O)N(CCN(C)C)C2c2ccc(OC(C)C)cc2)c(OC)c1Cl. The summed E-state index contributed by atoms with van der Waals surface area (Å²) in [4.78, 5) is 29.8. The van der Waals surface area contributed by atoms with Gasteiger partial charge in [0.2, 0.25) is 0 Å². The second-order valence-electron chi connectivity index (χ2n) is 8.82. The van der Waals surface area contributed by atoms with Crippen LogP contribution in [-0.4, -0.2) is 74.1 Å². The number of benzene rings is 2. The highest BCUT2D eigenvalue weighted by atomic mass is 35.5. The Morgan fingerprint density at radius 2 is 1.69 bits per heavy atom. The number of Topliss-reactive ketones (excluding diaryl/α,β-unsaturated/α-hetero) is 1. The van der Waals surface area contributed by atoms with Crippen molar-refractivity contribution in [2.75, 3.05) is 41.4 Å². The van der Waals surface area contributed by atoms with Crippen LogP contribution >= 0.6 is 23.2 Å². The number of nitrogens with zero attached hydrogens (tertiary/aromatic N) is 2. The lowest BCUT2D eigenvalue weighted by Gasteiger charge is -2.27. The lowest BCUT2D eigenvalue weighted by molar-refractivity contribution is -0.140. The van der Waals surface area contributed by atoms with Crippen molar-refractivity contribution in [1.82, 2.24) is 9.80 Å². The van der Waals surface area contributed by atoms with Crippen LogP contribution in [-0.2, 0) is 9.59 Å². The molecule has 0 spiro atoms. The Morgan fingerprint density at radius 3 is 2.22 bits per heavy atom. The third-order valence-corrected chi connectivity index (χ3v) is 6.31. The van der Waals surface area contributed by atoms with Gasteiger partial charge >= 0.3 is 0 Å². The van der Waals surface area contributed by atoms with Crippen molar-refractivity contribution in [3.63, 3.8) is 0 Å². The van der Waals surface area contributed by atoms with Crippen LogP contribution in [0.1, 0.15) is 31.0 Å². The van der Waals surface area contributed by atoms with Gasteiger partial charge in [-0.25, -0.2) is 0 Å². The van der Waals surface area contributed by atoms with Gasteiger partial charge in [-0.2, -0.15) is 0 Å². The Balaban J connectivity index is 2.22. The van der Waals surface area contributed by atoms with Gasteiger partial charge in [0.1, 0.15) is 16.5 Å². The third kappa shape index (κ3) is 5.40. The van der Waals surface area contributed by atoms with E-state index in [4.69, 9.17) is 37.4 Å². The zero-order valence-electron chi connectivity index (χ0n) is 21.1. The van der Waals surface area contributed by atoms with Crippen LogP contribution in [0, 0.1) is 0 Å². The van der Waals surface area contributed by atoms with Crippen LogP contribution in [0.3, 0.4) is 0 Å². The molecule has 36 heavy (non-hydrogen) atoms. The Hall–Kier alpha value is -2.94. The summed E-state index contributed by atoms with van der Waals surface area (Å²) in [5.74, 6) is -1.10. The smallest absolute Gasteiger partial charge is 0.295 e. The molecule has 1 unspecified atom stereocenters. The van der Waals surface area contributed by atoms with Crippen molar-refractivity contribution in [3.05, 3.63) is 57.1 Å². The number of likely N-dealkylation sites (N-methyl/N-ethyl adjacent to an activating group) is 1. The molecule has 1 aliphatic heterocycles. The molecule has 194 valence electrons. The van der Waals surface area contributed by atoms with Crippen LogP contribution in [0.25, 0.3) is 5.76 Å². The zero-order chi connectivity index (χ0) is 26.7. The summed E-state index contributed by atoms with van der Waals surface area (Å²) >= 11 is 12.7. The molecular weight excluding hydrogens is 507 g/mol. The van der Waals surface area contributed by atoms with Gasteiger partial charge in [0.15, 0.2) is 11.5 Å². The summed E-state index contributed by atoms with van der Waals surface area (Å²) in [6, 6.07) is 7.63. The van der Waals surface area contributed by atoms with E-state index >= 15 is 0 Å². The Bertz CT molecular complexity index is 1180. The number of carbonyl (C=O) groups is 2. The zero-order valence-corrected chi connectivity index (χ0v) is 22.6. The number of hydrogen-bond donors (Lipinski definition) is 1. The van der Waals surface area contributed by atoms with Crippen LogP contribution in [0.4, 0.5) is 0 Å². The number of ketones is 1. The monoisotopic (exact) mass is 536 g/mol. The number of hydrogen-bond acceptors (Lipinski definition) is 7. The second-order valence-corrected chi connectivity index (χ2v) is 9.60. The van der Waals surface area contributed by atoms with Gasteiger partial charge in [0.25, 0.3) is 11.7 Å². The lowest BCUT2D eigenvalue weighted by Crippen LogP contribution is -2.35. The molecule has 1 amide bonds. The Kier molecular flexibility index (Phi) is 8.76.